The number of amides is 1. The Hall–Kier alpha value is -3.10. The number of rotatable bonds is 4. The van der Waals surface area contributed by atoms with Crippen molar-refractivity contribution in [1.29, 1.82) is 0 Å². The Balaban J connectivity index is 1.20. The molecule has 1 atom stereocenters. The summed E-state index contributed by atoms with van der Waals surface area (Å²) >= 11 is 0. The normalized spacial score (nSPS) is 20.8. The second kappa shape index (κ2) is 9.51. The summed E-state index contributed by atoms with van der Waals surface area (Å²) in [5, 5.41) is 3.33. The van der Waals surface area contributed by atoms with Gasteiger partial charge in [0.15, 0.2) is 0 Å². The number of fused-ring (bicyclic) bond motifs is 1. The maximum absolute atomic E-state index is 12.3. The van der Waals surface area contributed by atoms with Crippen molar-refractivity contribution < 1.29 is 9.53 Å². The van der Waals surface area contributed by atoms with Crippen molar-refractivity contribution in [3.63, 3.8) is 0 Å². The van der Waals surface area contributed by atoms with Crippen LogP contribution in [0.1, 0.15) is 64.9 Å². The molecule has 2 aliphatic heterocycles. The van der Waals surface area contributed by atoms with Gasteiger partial charge < -0.3 is 24.8 Å². The fraction of sp³-hybridized carbons (Fsp3) is 0.615. The second-order valence-corrected chi connectivity index (χ2v) is 10.9. The van der Waals surface area contributed by atoms with Crippen LogP contribution in [0.5, 0.6) is 0 Å². The summed E-state index contributed by atoms with van der Waals surface area (Å²) in [7, 11) is 0. The first-order chi connectivity index (χ1) is 16.8. The summed E-state index contributed by atoms with van der Waals surface area (Å²) in [5.74, 6) is 3.07. The van der Waals surface area contributed by atoms with E-state index in [1.807, 2.05) is 45.3 Å². The molecule has 2 aromatic heterocycles. The van der Waals surface area contributed by atoms with Gasteiger partial charge in [-0.25, -0.2) is 14.8 Å². The quantitative estimate of drug-likeness (QED) is 0.684. The standard InChI is InChI=1S/C26H37N7O2/c1-18-17-33(20-7-5-6-8-20)23-21(18)16-28-24(30-23)29-19-9-10-22(27-15-19)31-11-13-32(14-12-31)25(34)35-26(2,3)4/h9-10,15-16,18,20H,5-8,11-14,17H2,1-4H3,(H,28,29,30). The summed E-state index contributed by atoms with van der Waals surface area (Å²) < 4.78 is 5.49. The van der Waals surface area contributed by atoms with Crippen LogP contribution in [0.4, 0.5) is 28.1 Å². The monoisotopic (exact) mass is 479 g/mol. The molecule has 1 N–H and O–H groups in total. The van der Waals surface area contributed by atoms with Crippen molar-refractivity contribution in [3.05, 3.63) is 30.1 Å². The average molecular weight is 480 g/mol. The fourth-order valence-corrected chi connectivity index (χ4v) is 5.26. The minimum absolute atomic E-state index is 0.250. The van der Waals surface area contributed by atoms with E-state index in [0.717, 1.165) is 37.0 Å². The number of aromatic nitrogens is 3. The predicted octanol–water partition coefficient (Wildman–Crippen LogP) is 4.54. The van der Waals surface area contributed by atoms with E-state index >= 15 is 0 Å². The van der Waals surface area contributed by atoms with Gasteiger partial charge in [-0.05, 0) is 45.7 Å². The molecule has 0 aromatic carbocycles. The minimum Gasteiger partial charge on any atom is -0.444 e. The highest BCUT2D eigenvalue weighted by Gasteiger charge is 2.34. The van der Waals surface area contributed by atoms with Gasteiger partial charge >= 0.3 is 6.09 Å². The van der Waals surface area contributed by atoms with E-state index in [1.54, 1.807) is 4.90 Å². The van der Waals surface area contributed by atoms with Crippen molar-refractivity contribution >= 4 is 29.4 Å². The number of carbonyl (C=O) groups excluding carboxylic acids is 1. The van der Waals surface area contributed by atoms with E-state index in [0.29, 0.717) is 31.0 Å². The molecule has 0 spiro atoms. The Morgan fingerprint density at radius 3 is 2.46 bits per heavy atom. The lowest BCUT2D eigenvalue weighted by Gasteiger charge is -2.36. The zero-order valence-corrected chi connectivity index (χ0v) is 21.3. The number of hydrogen-bond acceptors (Lipinski definition) is 8. The summed E-state index contributed by atoms with van der Waals surface area (Å²) in [4.78, 5) is 32.9. The van der Waals surface area contributed by atoms with Crippen LogP contribution in [0.25, 0.3) is 0 Å². The van der Waals surface area contributed by atoms with Crippen molar-refractivity contribution in [3.8, 4) is 0 Å². The van der Waals surface area contributed by atoms with Crippen LogP contribution in [-0.2, 0) is 4.74 Å². The maximum Gasteiger partial charge on any atom is 0.410 e. The van der Waals surface area contributed by atoms with Crippen molar-refractivity contribution in [2.24, 2.45) is 0 Å². The number of carbonyl (C=O) groups is 1. The van der Waals surface area contributed by atoms with Crippen LogP contribution in [0.2, 0.25) is 0 Å². The number of nitrogens with zero attached hydrogens (tertiary/aromatic N) is 6. The number of pyridine rings is 1. The highest BCUT2D eigenvalue weighted by Crippen LogP contribution is 2.39. The van der Waals surface area contributed by atoms with Crippen molar-refractivity contribution in [2.45, 2.75) is 70.9 Å². The fourth-order valence-electron chi connectivity index (χ4n) is 5.26. The van der Waals surface area contributed by atoms with Crippen molar-refractivity contribution in [1.82, 2.24) is 19.9 Å². The lowest BCUT2D eigenvalue weighted by atomic mass is 10.1. The van der Waals surface area contributed by atoms with Gasteiger partial charge in [-0.3, -0.25) is 0 Å². The van der Waals surface area contributed by atoms with E-state index in [-0.39, 0.29) is 6.09 Å². The molecule has 35 heavy (non-hydrogen) atoms. The molecule has 0 bridgehead atoms. The number of ether oxygens (including phenoxy) is 1. The van der Waals surface area contributed by atoms with E-state index in [1.165, 1.54) is 31.2 Å². The molecule has 1 aliphatic carbocycles. The molecule has 9 nitrogen and oxygen atoms in total. The van der Waals surface area contributed by atoms with Crippen LogP contribution in [0, 0.1) is 0 Å². The number of nitrogens with one attached hydrogen (secondary N) is 1. The van der Waals surface area contributed by atoms with Gasteiger partial charge in [-0.2, -0.15) is 4.98 Å². The predicted molar refractivity (Wildman–Crippen MR) is 138 cm³/mol. The lowest BCUT2D eigenvalue weighted by molar-refractivity contribution is 0.0240. The van der Waals surface area contributed by atoms with Crippen molar-refractivity contribution in [2.75, 3.05) is 47.8 Å². The van der Waals surface area contributed by atoms with Crippen LogP contribution in [0.3, 0.4) is 0 Å². The first kappa shape index (κ1) is 23.6. The van der Waals surface area contributed by atoms with Crippen LogP contribution < -0.4 is 15.1 Å². The molecule has 9 heteroatoms. The number of piperazine rings is 1. The van der Waals surface area contributed by atoms with Gasteiger partial charge in [-0.1, -0.05) is 19.8 Å². The van der Waals surface area contributed by atoms with E-state index in [2.05, 4.69) is 32.0 Å². The van der Waals surface area contributed by atoms with Crippen LogP contribution in [-0.4, -0.2) is 70.3 Å². The first-order valence-electron chi connectivity index (χ1n) is 12.9. The molecule has 188 valence electrons. The molecule has 4 heterocycles. The third-order valence-corrected chi connectivity index (χ3v) is 7.09. The Morgan fingerprint density at radius 2 is 1.80 bits per heavy atom. The van der Waals surface area contributed by atoms with Gasteiger partial charge in [0.25, 0.3) is 0 Å². The summed E-state index contributed by atoms with van der Waals surface area (Å²) in [6.45, 7) is 11.7. The number of anilines is 4. The molecule has 1 saturated heterocycles. The van der Waals surface area contributed by atoms with Gasteiger partial charge in [0.05, 0.1) is 11.9 Å². The third kappa shape index (κ3) is 5.28. The van der Waals surface area contributed by atoms with Crippen LogP contribution >= 0.6 is 0 Å². The molecule has 3 aliphatic rings. The third-order valence-electron chi connectivity index (χ3n) is 7.09. The molecule has 1 amide bonds. The van der Waals surface area contributed by atoms with Crippen LogP contribution in [0.15, 0.2) is 24.5 Å². The zero-order chi connectivity index (χ0) is 24.6. The lowest BCUT2D eigenvalue weighted by Crippen LogP contribution is -2.50. The molecule has 2 fully saturated rings. The molecular formula is C26H37N7O2. The maximum atomic E-state index is 12.3. The van der Waals surface area contributed by atoms with E-state index in [9.17, 15) is 4.79 Å². The molecule has 5 rings (SSSR count). The molecule has 1 unspecified atom stereocenters. The molecule has 2 aromatic rings. The second-order valence-electron chi connectivity index (χ2n) is 10.9. The minimum atomic E-state index is -0.478. The highest BCUT2D eigenvalue weighted by molar-refractivity contribution is 5.68. The summed E-state index contributed by atoms with van der Waals surface area (Å²) in [6, 6.07) is 4.63. The smallest absolute Gasteiger partial charge is 0.410 e. The SMILES string of the molecule is CC1CN(C2CCCC2)c2nc(Nc3ccc(N4CCN(C(=O)OC(C)(C)C)CC4)nc3)ncc21. The van der Waals surface area contributed by atoms with Gasteiger partial charge in [0.2, 0.25) is 5.95 Å². The first-order valence-corrected chi connectivity index (χ1v) is 12.9. The topological polar surface area (TPSA) is 86.7 Å². The summed E-state index contributed by atoms with van der Waals surface area (Å²) in [6.07, 6.45) is 8.70. The van der Waals surface area contributed by atoms with Gasteiger partial charge in [0.1, 0.15) is 17.2 Å². The Kier molecular flexibility index (Phi) is 6.42. The van der Waals surface area contributed by atoms with E-state index < -0.39 is 5.60 Å². The highest BCUT2D eigenvalue weighted by atomic mass is 16.6. The Bertz CT molecular complexity index is 1040. The Labute approximate surface area is 207 Å². The van der Waals surface area contributed by atoms with Gasteiger partial charge in [-0.15, -0.1) is 0 Å². The van der Waals surface area contributed by atoms with Gasteiger partial charge in [0, 0.05) is 56.4 Å². The Morgan fingerprint density at radius 1 is 1.06 bits per heavy atom. The molecule has 0 radical (unpaired) electrons. The average Bonchev–Trinajstić information content (AvgIpc) is 3.47. The molecule has 1 saturated carbocycles. The zero-order valence-electron chi connectivity index (χ0n) is 21.3. The number of hydrogen-bond donors (Lipinski definition) is 1. The summed E-state index contributed by atoms with van der Waals surface area (Å²) in [5.41, 5.74) is 1.63. The molecular weight excluding hydrogens is 442 g/mol. The van der Waals surface area contributed by atoms with E-state index in [4.69, 9.17) is 9.72 Å². The largest absolute Gasteiger partial charge is 0.444 e.